The molecule has 2 heterocycles. The minimum atomic E-state index is -0.694. The van der Waals surface area contributed by atoms with Crippen LogP contribution in [0.5, 0.6) is 0 Å². The van der Waals surface area contributed by atoms with E-state index in [9.17, 15) is 14.4 Å². The van der Waals surface area contributed by atoms with Gasteiger partial charge in [0.2, 0.25) is 0 Å². The molecule has 3 N–H and O–H groups in total. The average Bonchev–Trinajstić information content (AvgIpc) is 3.19. The third kappa shape index (κ3) is 5.02. The number of thiophene rings is 1. The van der Waals surface area contributed by atoms with E-state index in [-0.39, 0.29) is 0 Å². The molecule has 0 fully saturated rings. The Morgan fingerprint density at radius 2 is 1.93 bits per heavy atom. The van der Waals surface area contributed by atoms with Crippen molar-refractivity contribution in [2.75, 3.05) is 18.5 Å². The van der Waals surface area contributed by atoms with Gasteiger partial charge in [-0.1, -0.05) is 29.5 Å². The maximum atomic E-state index is 12.1. The van der Waals surface area contributed by atoms with Crippen molar-refractivity contribution < 1.29 is 19.1 Å². The molecule has 0 spiro atoms. The summed E-state index contributed by atoms with van der Waals surface area (Å²) < 4.78 is 5.78. The highest BCUT2D eigenvalue weighted by atomic mass is 32.1. The van der Waals surface area contributed by atoms with Crippen LogP contribution in [0.2, 0.25) is 0 Å². The first-order valence-electron chi connectivity index (χ1n) is 8.02. The Balaban J connectivity index is 1.57. The maximum absolute atomic E-state index is 12.1. The number of fused-ring (bicyclic) bond motifs is 1. The zero-order chi connectivity index (χ0) is 19.2. The number of nitrogens with zero attached hydrogens (tertiary/aromatic N) is 1. The first-order valence-corrected chi connectivity index (χ1v) is 9.65. The molecule has 1 aromatic carbocycles. The van der Waals surface area contributed by atoms with Crippen LogP contribution in [0.1, 0.15) is 16.6 Å². The summed E-state index contributed by atoms with van der Waals surface area (Å²) in [4.78, 5) is 40.3. The van der Waals surface area contributed by atoms with Gasteiger partial charge in [-0.15, -0.1) is 11.3 Å². The molecular formula is C17H16N4O4S2. The lowest BCUT2D eigenvalue weighted by Crippen LogP contribution is -2.41. The molecule has 3 amide bonds. The minimum absolute atomic E-state index is 0.348. The Bertz CT molecular complexity index is 936. The van der Waals surface area contributed by atoms with Crippen molar-refractivity contribution in [3.05, 3.63) is 41.3 Å². The van der Waals surface area contributed by atoms with Crippen LogP contribution >= 0.6 is 22.7 Å². The van der Waals surface area contributed by atoms with E-state index in [0.29, 0.717) is 16.3 Å². The number of anilines is 2. The van der Waals surface area contributed by atoms with Gasteiger partial charge in [-0.05, 0) is 25.1 Å². The Morgan fingerprint density at radius 3 is 2.63 bits per heavy atom. The van der Waals surface area contributed by atoms with Crippen molar-refractivity contribution in [3.8, 4) is 0 Å². The fourth-order valence-electron chi connectivity index (χ4n) is 2.10. The second-order valence-electron chi connectivity index (χ2n) is 5.27. The van der Waals surface area contributed by atoms with Crippen molar-refractivity contribution in [3.63, 3.8) is 0 Å². The molecular weight excluding hydrogens is 388 g/mol. The van der Waals surface area contributed by atoms with E-state index in [1.165, 1.54) is 22.7 Å². The summed E-state index contributed by atoms with van der Waals surface area (Å²) in [6.07, 6.45) is 0. The van der Waals surface area contributed by atoms with Gasteiger partial charge < -0.3 is 15.4 Å². The monoisotopic (exact) mass is 404 g/mol. The zero-order valence-corrected chi connectivity index (χ0v) is 15.9. The molecule has 0 radical (unpaired) electrons. The van der Waals surface area contributed by atoms with E-state index in [1.54, 1.807) is 13.0 Å². The standard InChI is InChI=1S/C17H16N4O4S2/c1-2-18-16(24)20-13(22)9-25-15(23)12-8-11-14(26-12)21-17(27-11)19-10-6-4-3-5-7-10/h3-8H,2,9H2,1H3,(H,19,21)(H2,18,20,22,24). The second-order valence-corrected chi connectivity index (χ2v) is 7.34. The van der Waals surface area contributed by atoms with Crippen LogP contribution < -0.4 is 16.0 Å². The smallest absolute Gasteiger partial charge is 0.348 e. The fourth-order valence-corrected chi connectivity index (χ4v) is 4.13. The Morgan fingerprint density at radius 1 is 1.15 bits per heavy atom. The summed E-state index contributed by atoms with van der Waals surface area (Å²) in [7, 11) is 0. The molecule has 3 rings (SSSR count). The van der Waals surface area contributed by atoms with E-state index in [2.05, 4.69) is 20.9 Å². The molecule has 0 aliphatic carbocycles. The number of ether oxygens (including phenoxy) is 1. The van der Waals surface area contributed by atoms with E-state index in [0.717, 1.165) is 15.5 Å². The van der Waals surface area contributed by atoms with Crippen LogP contribution in [0.4, 0.5) is 15.6 Å². The number of carbonyl (C=O) groups is 3. The number of nitrogens with one attached hydrogen (secondary N) is 3. The first kappa shape index (κ1) is 18.8. The quantitative estimate of drug-likeness (QED) is 0.545. The van der Waals surface area contributed by atoms with E-state index < -0.39 is 24.5 Å². The topological polar surface area (TPSA) is 109 Å². The van der Waals surface area contributed by atoms with Crippen molar-refractivity contribution >= 4 is 60.9 Å². The van der Waals surface area contributed by atoms with Gasteiger partial charge >= 0.3 is 12.0 Å². The highest BCUT2D eigenvalue weighted by Crippen LogP contribution is 2.34. The van der Waals surface area contributed by atoms with E-state index >= 15 is 0 Å². The Kier molecular flexibility index (Phi) is 5.99. The van der Waals surface area contributed by atoms with Crippen LogP contribution in [0.3, 0.4) is 0 Å². The van der Waals surface area contributed by atoms with E-state index in [1.807, 2.05) is 30.3 Å². The molecule has 27 heavy (non-hydrogen) atoms. The van der Waals surface area contributed by atoms with Crippen molar-refractivity contribution in [2.45, 2.75) is 6.92 Å². The number of carbonyl (C=O) groups excluding carboxylic acids is 3. The molecule has 0 saturated carbocycles. The molecule has 140 valence electrons. The molecule has 0 unspecified atom stereocenters. The summed E-state index contributed by atoms with van der Waals surface area (Å²) in [6, 6.07) is 10.7. The third-order valence-corrected chi connectivity index (χ3v) is 5.30. The number of imide groups is 1. The molecule has 3 aromatic rings. The summed E-state index contributed by atoms with van der Waals surface area (Å²) >= 11 is 2.60. The predicted molar refractivity (Wildman–Crippen MR) is 105 cm³/mol. The maximum Gasteiger partial charge on any atom is 0.348 e. The third-order valence-electron chi connectivity index (χ3n) is 3.24. The lowest BCUT2D eigenvalue weighted by Gasteiger charge is -2.05. The lowest BCUT2D eigenvalue weighted by molar-refractivity contribution is -0.123. The van der Waals surface area contributed by atoms with Crippen LogP contribution in [-0.2, 0) is 9.53 Å². The molecule has 8 nitrogen and oxygen atoms in total. The van der Waals surface area contributed by atoms with Crippen molar-refractivity contribution in [2.24, 2.45) is 0 Å². The molecule has 0 atom stereocenters. The van der Waals surface area contributed by atoms with Crippen LogP contribution in [0.15, 0.2) is 36.4 Å². The van der Waals surface area contributed by atoms with Gasteiger partial charge in [0, 0.05) is 12.2 Å². The number of aromatic nitrogens is 1. The predicted octanol–water partition coefficient (Wildman–Crippen LogP) is 3.10. The summed E-state index contributed by atoms with van der Waals surface area (Å²) in [5, 5.41) is 8.40. The second kappa shape index (κ2) is 8.60. The lowest BCUT2D eigenvalue weighted by atomic mass is 10.3. The molecule has 0 saturated heterocycles. The molecule has 0 aliphatic rings. The van der Waals surface area contributed by atoms with Crippen molar-refractivity contribution in [1.82, 2.24) is 15.6 Å². The normalized spacial score (nSPS) is 10.4. The summed E-state index contributed by atoms with van der Waals surface area (Å²) in [5.41, 5.74) is 0.927. The molecule has 2 aromatic heterocycles. The summed E-state index contributed by atoms with van der Waals surface area (Å²) in [6.45, 7) is 1.58. The molecule has 10 heteroatoms. The first-order chi connectivity index (χ1) is 13.0. The highest BCUT2D eigenvalue weighted by Gasteiger charge is 2.17. The van der Waals surface area contributed by atoms with Crippen LogP contribution in [-0.4, -0.2) is 36.0 Å². The highest BCUT2D eigenvalue weighted by molar-refractivity contribution is 7.29. The summed E-state index contributed by atoms with van der Waals surface area (Å²) in [5.74, 6) is -1.33. The van der Waals surface area contributed by atoms with Crippen LogP contribution in [0.25, 0.3) is 9.53 Å². The number of esters is 1. The largest absolute Gasteiger partial charge is 0.451 e. The fraction of sp³-hybridized carbons (Fsp3) is 0.176. The van der Waals surface area contributed by atoms with Crippen molar-refractivity contribution in [1.29, 1.82) is 0 Å². The van der Waals surface area contributed by atoms with Gasteiger partial charge in [0.05, 0.1) is 4.70 Å². The van der Waals surface area contributed by atoms with Gasteiger partial charge in [0.1, 0.15) is 9.71 Å². The average molecular weight is 404 g/mol. The Labute approximate surface area is 162 Å². The number of amides is 3. The van der Waals surface area contributed by atoms with Gasteiger partial charge in [0.15, 0.2) is 11.7 Å². The number of thiazole rings is 1. The zero-order valence-electron chi connectivity index (χ0n) is 14.3. The van der Waals surface area contributed by atoms with E-state index in [4.69, 9.17) is 4.74 Å². The Hall–Kier alpha value is -2.98. The molecule has 0 aliphatic heterocycles. The number of para-hydroxylation sites is 1. The SMILES string of the molecule is CCNC(=O)NC(=O)COC(=O)c1cc2sc(Nc3ccccc3)nc2s1. The van der Waals surface area contributed by atoms with Crippen LogP contribution in [0, 0.1) is 0 Å². The minimum Gasteiger partial charge on any atom is -0.451 e. The number of benzene rings is 1. The van der Waals surface area contributed by atoms with Gasteiger partial charge in [-0.3, -0.25) is 10.1 Å². The number of urea groups is 1. The van der Waals surface area contributed by atoms with Gasteiger partial charge in [-0.2, -0.15) is 0 Å². The number of hydrogen-bond donors (Lipinski definition) is 3. The number of rotatable bonds is 6. The van der Waals surface area contributed by atoms with Gasteiger partial charge in [0.25, 0.3) is 5.91 Å². The molecule has 0 bridgehead atoms. The number of hydrogen-bond acceptors (Lipinski definition) is 8. The van der Waals surface area contributed by atoms with Gasteiger partial charge in [-0.25, -0.2) is 14.6 Å².